The zero-order valence-corrected chi connectivity index (χ0v) is 20.4. The lowest BCUT2D eigenvalue weighted by molar-refractivity contribution is -0.141. The van der Waals surface area contributed by atoms with Gasteiger partial charge in [0, 0.05) is 18.1 Å². The summed E-state index contributed by atoms with van der Waals surface area (Å²) in [4.78, 5) is 28.9. The van der Waals surface area contributed by atoms with Gasteiger partial charge in [-0.25, -0.2) is 4.39 Å². The molecule has 36 heavy (non-hydrogen) atoms. The van der Waals surface area contributed by atoms with Crippen molar-refractivity contribution in [2.45, 2.75) is 25.6 Å². The molecule has 0 saturated carbocycles. The van der Waals surface area contributed by atoms with E-state index in [0.717, 1.165) is 16.7 Å². The lowest BCUT2D eigenvalue weighted by Crippen LogP contribution is -2.43. The Morgan fingerprint density at radius 2 is 1.33 bits per heavy atom. The van der Waals surface area contributed by atoms with Crippen molar-refractivity contribution in [3.05, 3.63) is 142 Å². The molecule has 1 atom stereocenters. The van der Waals surface area contributed by atoms with Crippen molar-refractivity contribution in [1.82, 2.24) is 10.2 Å². The third-order valence-corrected chi connectivity index (χ3v) is 6.09. The summed E-state index contributed by atoms with van der Waals surface area (Å²) < 4.78 is 13.6. The molecule has 6 heteroatoms. The van der Waals surface area contributed by atoms with E-state index in [9.17, 15) is 14.0 Å². The Hall–Kier alpha value is -3.96. The molecule has 4 aromatic carbocycles. The van der Waals surface area contributed by atoms with Crippen LogP contribution >= 0.6 is 11.6 Å². The van der Waals surface area contributed by atoms with Crippen LogP contribution in [0.4, 0.5) is 4.39 Å². The van der Waals surface area contributed by atoms with E-state index in [1.54, 1.807) is 41.3 Å². The predicted octanol–water partition coefficient (Wildman–Crippen LogP) is 6.11. The maximum Gasteiger partial charge on any atom is 0.247 e. The standard InChI is InChI=1S/C30H26ClFN2O2/c31-26-15-11-22(12-16-26)19-28(35)34(21-24-13-17-27(32)18-14-24)29(25-9-5-2-6-10-25)30(36)33-20-23-7-3-1-4-8-23/h1-18,29H,19-21H2,(H,33,36)/t29-/m1/s1. The van der Waals surface area contributed by atoms with Crippen molar-refractivity contribution in [2.24, 2.45) is 0 Å². The number of carbonyl (C=O) groups is 2. The third-order valence-electron chi connectivity index (χ3n) is 5.84. The average molecular weight is 501 g/mol. The van der Waals surface area contributed by atoms with Crippen LogP contribution in [0.2, 0.25) is 5.02 Å². The van der Waals surface area contributed by atoms with E-state index in [1.165, 1.54) is 12.1 Å². The molecule has 4 rings (SSSR count). The summed E-state index contributed by atoms with van der Waals surface area (Å²) >= 11 is 6.01. The first-order valence-corrected chi connectivity index (χ1v) is 12.0. The summed E-state index contributed by atoms with van der Waals surface area (Å²) in [5.74, 6) is -0.889. The van der Waals surface area contributed by atoms with Gasteiger partial charge in [-0.05, 0) is 46.5 Å². The van der Waals surface area contributed by atoms with E-state index in [-0.39, 0.29) is 30.6 Å². The zero-order chi connectivity index (χ0) is 25.3. The molecule has 0 aromatic heterocycles. The highest BCUT2D eigenvalue weighted by Crippen LogP contribution is 2.25. The Morgan fingerprint density at radius 3 is 1.97 bits per heavy atom. The molecule has 0 aliphatic heterocycles. The molecule has 0 fully saturated rings. The van der Waals surface area contributed by atoms with Gasteiger partial charge in [0.2, 0.25) is 11.8 Å². The lowest BCUT2D eigenvalue weighted by atomic mass is 10.0. The number of nitrogens with zero attached hydrogens (tertiary/aromatic N) is 1. The van der Waals surface area contributed by atoms with Crippen LogP contribution in [-0.2, 0) is 29.1 Å². The molecule has 0 spiro atoms. The molecule has 2 amide bonds. The molecule has 0 saturated heterocycles. The van der Waals surface area contributed by atoms with Crippen molar-refractivity contribution in [1.29, 1.82) is 0 Å². The maximum absolute atomic E-state index is 13.7. The molecule has 4 aromatic rings. The number of rotatable bonds is 9. The molecule has 0 bridgehead atoms. The van der Waals surface area contributed by atoms with Crippen LogP contribution in [0, 0.1) is 5.82 Å². The van der Waals surface area contributed by atoms with Crippen LogP contribution in [0.5, 0.6) is 0 Å². The number of carbonyl (C=O) groups excluding carboxylic acids is 2. The fourth-order valence-electron chi connectivity index (χ4n) is 3.98. The number of hydrogen-bond donors (Lipinski definition) is 1. The van der Waals surface area contributed by atoms with E-state index in [0.29, 0.717) is 17.1 Å². The Labute approximate surface area is 215 Å². The van der Waals surface area contributed by atoms with E-state index < -0.39 is 6.04 Å². The zero-order valence-electron chi connectivity index (χ0n) is 19.6. The topological polar surface area (TPSA) is 49.4 Å². The molecular weight excluding hydrogens is 475 g/mol. The first kappa shape index (κ1) is 25.1. The largest absolute Gasteiger partial charge is 0.350 e. The van der Waals surface area contributed by atoms with Gasteiger partial charge in [-0.2, -0.15) is 0 Å². The average Bonchev–Trinajstić information content (AvgIpc) is 2.91. The van der Waals surface area contributed by atoms with Gasteiger partial charge in [0.25, 0.3) is 0 Å². The monoisotopic (exact) mass is 500 g/mol. The molecule has 182 valence electrons. The molecule has 0 unspecified atom stereocenters. The summed E-state index contributed by atoms with van der Waals surface area (Å²) in [6.07, 6.45) is 0.0909. The highest BCUT2D eigenvalue weighted by Gasteiger charge is 2.31. The second-order valence-electron chi connectivity index (χ2n) is 8.47. The van der Waals surface area contributed by atoms with Gasteiger partial charge in [0.1, 0.15) is 11.9 Å². The van der Waals surface area contributed by atoms with Crippen molar-refractivity contribution in [3.8, 4) is 0 Å². The normalized spacial score (nSPS) is 11.5. The van der Waals surface area contributed by atoms with Crippen LogP contribution in [0.15, 0.2) is 109 Å². The van der Waals surface area contributed by atoms with Crippen molar-refractivity contribution >= 4 is 23.4 Å². The summed E-state index contributed by atoms with van der Waals surface area (Å²) in [5, 5.41) is 3.57. The SMILES string of the molecule is O=C(NCc1ccccc1)[C@@H](c1ccccc1)N(Cc1ccc(F)cc1)C(=O)Cc1ccc(Cl)cc1. The van der Waals surface area contributed by atoms with Crippen LogP contribution < -0.4 is 5.32 Å². The first-order chi connectivity index (χ1) is 17.5. The number of hydrogen-bond acceptors (Lipinski definition) is 2. The van der Waals surface area contributed by atoms with Crippen LogP contribution in [0.3, 0.4) is 0 Å². The fraction of sp³-hybridized carbons (Fsp3) is 0.133. The summed E-state index contributed by atoms with van der Waals surface area (Å²) in [7, 11) is 0. The quantitative estimate of drug-likeness (QED) is 0.301. The van der Waals surface area contributed by atoms with Crippen molar-refractivity contribution in [2.75, 3.05) is 0 Å². The second kappa shape index (κ2) is 12.1. The molecule has 4 nitrogen and oxygen atoms in total. The summed E-state index contributed by atoms with van der Waals surface area (Å²) in [6.45, 7) is 0.476. The summed E-state index contributed by atoms with van der Waals surface area (Å²) in [6, 6.07) is 30.9. The number of benzene rings is 4. The van der Waals surface area contributed by atoms with Gasteiger partial charge in [0.15, 0.2) is 0 Å². The van der Waals surface area contributed by atoms with Crippen LogP contribution in [-0.4, -0.2) is 16.7 Å². The Bertz CT molecular complexity index is 1280. The van der Waals surface area contributed by atoms with Crippen LogP contribution in [0.1, 0.15) is 28.3 Å². The minimum atomic E-state index is -0.875. The highest BCUT2D eigenvalue weighted by molar-refractivity contribution is 6.30. The van der Waals surface area contributed by atoms with E-state index in [1.807, 2.05) is 60.7 Å². The van der Waals surface area contributed by atoms with E-state index in [4.69, 9.17) is 11.6 Å². The number of amides is 2. The molecule has 0 aliphatic rings. The maximum atomic E-state index is 13.7. The Kier molecular flexibility index (Phi) is 8.48. The van der Waals surface area contributed by atoms with Gasteiger partial charge in [0.05, 0.1) is 6.42 Å². The van der Waals surface area contributed by atoms with Gasteiger partial charge < -0.3 is 10.2 Å². The van der Waals surface area contributed by atoms with Crippen molar-refractivity contribution < 1.29 is 14.0 Å². The van der Waals surface area contributed by atoms with Gasteiger partial charge >= 0.3 is 0 Å². The first-order valence-electron chi connectivity index (χ1n) is 11.6. The van der Waals surface area contributed by atoms with Gasteiger partial charge in [-0.1, -0.05) is 96.5 Å². The fourth-order valence-corrected chi connectivity index (χ4v) is 4.10. The Balaban J connectivity index is 1.67. The molecule has 1 N–H and O–H groups in total. The molecule has 0 radical (unpaired) electrons. The minimum absolute atomic E-state index is 0.0909. The minimum Gasteiger partial charge on any atom is -0.350 e. The van der Waals surface area contributed by atoms with Crippen molar-refractivity contribution in [3.63, 3.8) is 0 Å². The second-order valence-corrected chi connectivity index (χ2v) is 8.90. The predicted molar refractivity (Wildman–Crippen MR) is 140 cm³/mol. The number of halogens is 2. The molecule has 0 aliphatic carbocycles. The molecular formula is C30H26ClFN2O2. The van der Waals surface area contributed by atoms with Gasteiger partial charge in [-0.3, -0.25) is 9.59 Å². The highest BCUT2D eigenvalue weighted by atomic mass is 35.5. The lowest BCUT2D eigenvalue weighted by Gasteiger charge is -2.32. The third kappa shape index (κ3) is 6.80. The molecule has 0 heterocycles. The smallest absolute Gasteiger partial charge is 0.247 e. The van der Waals surface area contributed by atoms with Gasteiger partial charge in [-0.15, -0.1) is 0 Å². The number of nitrogens with one attached hydrogen (secondary N) is 1. The van der Waals surface area contributed by atoms with E-state index >= 15 is 0 Å². The van der Waals surface area contributed by atoms with E-state index in [2.05, 4.69) is 5.32 Å². The summed E-state index contributed by atoms with van der Waals surface area (Å²) in [5.41, 5.74) is 3.15. The van der Waals surface area contributed by atoms with Crippen LogP contribution in [0.25, 0.3) is 0 Å². The Morgan fingerprint density at radius 1 is 0.750 bits per heavy atom.